The second-order valence-corrected chi connectivity index (χ2v) is 3.53. The summed E-state index contributed by atoms with van der Waals surface area (Å²) in [5, 5.41) is 9.04. The molecule has 0 saturated heterocycles. The fourth-order valence-corrected chi connectivity index (χ4v) is 1.34. The lowest BCUT2D eigenvalue weighted by atomic mass is 10.4. The molecule has 0 spiro atoms. The van der Waals surface area contributed by atoms with Gasteiger partial charge in [0.05, 0.1) is 18.1 Å². The topological polar surface area (TPSA) is 89.2 Å². The van der Waals surface area contributed by atoms with Gasteiger partial charge in [-0.1, -0.05) is 0 Å². The first-order valence-corrected chi connectivity index (χ1v) is 5.27. The number of anilines is 1. The summed E-state index contributed by atoms with van der Waals surface area (Å²) in [4.78, 5) is 22.8. The van der Waals surface area contributed by atoms with Gasteiger partial charge >= 0.3 is 0 Å². The SMILES string of the molecule is CNC(=O)Cn1cc(NC(=O)c2ccco2)cn1. The molecule has 2 aromatic heterocycles. The van der Waals surface area contributed by atoms with Crippen molar-refractivity contribution in [2.75, 3.05) is 12.4 Å². The van der Waals surface area contributed by atoms with E-state index in [0.29, 0.717) is 5.69 Å². The minimum absolute atomic E-state index is 0.104. The Hall–Kier alpha value is -2.57. The maximum Gasteiger partial charge on any atom is 0.291 e. The summed E-state index contributed by atoms with van der Waals surface area (Å²) in [6.07, 6.45) is 4.45. The number of furan rings is 1. The van der Waals surface area contributed by atoms with Crippen LogP contribution in [0.15, 0.2) is 35.2 Å². The van der Waals surface area contributed by atoms with Crippen LogP contribution in [0.4, 0.5) is 5.69 Å². The second-order valence-electron chi connectivity index (χ2n) is 3.53. The summed E-state index contributed by atoms with van der Waals surface area (Å²) in [5.41, 5.74) is 0.500. The molecule has 2 N–H and O–H groups in total. The Kier molecular flexibility index (Phi) is 3.42. The van der Waals surface area contributed by atoms with Crippen molar-refractivity contribution in [3.63, 3.8) is 0 Å². The monoisotopic (exact) mass is 248 g/mol. The molecule has 7 nitrogen and oxygen atoms in total. The van der Waals surface area contributed by atoms with Crippen LogP contribution >= 0.6 is 0 Å². The summed E-state index contributed by atoms with van der Waals surface area (Å²) in [7, 11) is 1.55. The van der Waals surface area contributed by atoms with Gasteiger partial charge in [0.15, 0.2) is 5.76 Å². The van der Waals surface area contributed by atoms with E-state index >= 15 is 0 Å². The molecular weight excluding hydrogens is 236 g/mol. The fourth-order valence-electron chi connectivity index (χ4n) is 1.34. The van der Waals surface area contributed by atoms with Gasteiger partial charge in [0.25, 0.3) is 5.91 Å². The summed E-state index contributed by atoms with van der Waals surface area (Å²) in [6.45, 7) is 0.104. The van der Waals surface area contributed by atoms with Gasteiger partial charge in [0.2, 0.25) is 5.91 Å². The molecule has 18 heavy (non-hydrogen) atoms. The Morgan fingerprint density at radius 2 is 2.33 bits per heavy atom. The smallest absolute Gasteiger partial charge is 0.291 e. The van der Waals surface area contributed by atoms with Crippen LogP contribution in [-0.4, -0.2) is 28.6 Å². The van der Waals surface area contributed by atoms with Crippen LogP contribution in [0.5, 0.6) is 0 Å². The zero-order chi connectivity index (χ0) is 13.0. The van der Waals surface area contributed by atoms with E-state index in [4.69, 9.17) is 4.42 Å². The average Bonchev–Trinajstić information content (AvgIpc) is 3.00. The molecule has 0 bridgehead atoms. The molecule has 0 saturated carbocycles. The number of nitrogens with one attached hydrogen (secondary N) is 2. The third-order valence-electron chi connectivity index (χ3n) is 2.22. The number of aromatic nitrogens is 2. The van der Waals surface area contributed by atoms with Crippen molar-refractivity contribution < 1.29 is 14.0 Å². The zero-order valence-electron chi connectivity index (χ0n) is 9.71. The predicted molar refractivity (Wildman–Crippen MR) is 63.0 cm³/mol. The molecule has 94 valence electrons. The number of hydrogen-bond donors (Lipinski definition) is 2. The van der Waals surface area contributed by atoms with E-state index in [1.165, 1.54) is 17.1 Å². The lowest BCUT2D eigenvalue weighted by Gasteiger charge is -1.99. The van der Waals surface area contributed by atoms with Crippen molar-refractivity contribution in [2.45, 2.75) is 6.54 Å². The van der Waals surface area contributed by atoms with Crippen LogP contribution in [0.3, 0.4) is 0 Å². The van der Waals surface area contributed by atoms with Gasteiger partial charge in [-0.3, -0.25) is 14.3 Å². The molecular formula is C11H12N4O3. The average molecular weight is 248 g/mol. The molecule has 0 aliphatic heterocycles. The molecule has 0 aliphatic rings. The van der Waals surface area contributed by atoms with E-state index < -0.39 is 0 Å². The Morgan fingerprint density at radius 1 is 1.50 bits per heavy atom. The molecule has 2 rings (SSSR count). The maximum atomic E-state index is 11.6. The van der Waals surface area contributed by atoms with Crippen molar-refractivity contribution in [3.8, 4) is 0 Å². The Bertz CT molecular complexity index is 544. The van der Waals surface area contributed by atoms with Crippen molar-refractivity contribution in [2.24, 2.45) is 0 Å². The highest BCUT2D eigenvalue weighted by atomic mass is 16.3. The summed E-state index contributed by atoms with van der Waals surface area (Å²) in [6, 6.07) is 3.19. The Labute approximate surface area is 103 Å². The molecule has 0 unspecified atom stereocenters. The van der Waals surface area contributed by atoms with Gasteiger partial charge in [-0.2, -0.15) is 5.10 Å². The number of carbonyl (C=O) groups is 2. The van der Waals surface area contributed by atoms with Crippen molar-refractivity contribution >= 4 is 17.5 Å². The molecule has 0 atom stereocenters. The first kappa shape index (κ1) is 11.9. The van der Waals surface area contributed by atoms with Gasteiger partial charge in [-0.05, 0) is 12.1 Å². The van der Waals surface area contributed by atoms with E-state index in [-0.39, 0.29) is 24.1 Å². The van der Waals surface area contributed by atoms with Crippen LogP contribution in [0.2, 0.25) is 0 Å². The summed E-state index contributed by atoms with van der Waals surface area (Å²) >= 11 is 0. The first-order chi connectivity index (χ1) is 8.69. The molecule has 0 aliphatic carbocycles. The number of hydrogen-bond acceptors (Lipinski definition) is 4. The van der Waals surface area contributed by atoms with E-state index in [1.807, 2.05) is 0 Å². The highest BCUT2D eigenvalue weighted by Gasteiger charge is 2.10. The lowest BCUT2D eigenvalue weighted by Crippen LogP contribution is -2.23. The quantitative estimate of drug-likeness (QED) is 0.823. The Morgan fingerprint density at radius 3 is 3.00 bits per heavy atom. The second kappa shape index (κ2) is 5.17. The van der Waals surface area contributed by atoms with Crippen LogP contribution < -0.4 is 10.6 Å². The van der Waals surface area contributed by atoms with Crippen molar-refractivity contribution in [3.05, 3.63) is 36.5 Å². The fraction of sp³-hybridized carbons (Fsp3) is 0.182. The number of carbonyl (C=O) groups excluding carboxylic acids is 2. The first-order valence-electron chi connectivity index (χ1n) is 5.27. The van der Waals surface area contributed by atoms with E-state index in [9.17, 15) is 9.59 Å². The molecule has 2 amide bonds. The Balaban J connectivity index is 1.98. The highest BCUT2D eigenvalue weighted by Crippen LogP contribution is 2.08. The largest absolute Gasteiger partial charge is 0.459 e. The number of nitrogens with zero attached hydrogens (tertiary/aromatic N) is 2. The molecule has 2 aromatic rings. The van der Waals surface area contributed by atoms with E-state index in [1.54, 1.807) is 25.4 Å². The van der Waals surface area contributed by atoms with E-state index in [0.717, 1.165) is 0 Å². The standard InChI is InChI=1S/C11H12N4O3/c1-12-10(16)7-15-6-8(5-13-15)14-11(17)9-3-2-4-18-9/h2-6H,7H2,1H3,(H,12,16)(H,14,17). The van der Waals surface area contributed by atoms with Gasteiger partial charge in [0, 0.05) is 13.2 Å². The molecule has 0 aromatic carbocycles. The van der Waals surface area contributed by atoms with Gasteiger partial charge in [-0.15, -0.1) is 0 Å². The molecule has 7 heteroatoms. The van der Waals surface area contributed by atoms with Crippen LogP contribution in [-0.2, 0) is 11.3 Å². The third-order valence-corrected chi connectivity index (χ3v) is 2.22. The number of likely N-dealkylation sites (N-methyl/N-ethyl adjacent to an activating group) is 1. The molecule has 0 radical (unpaired) electrons. The predicted octanol–water partition coefficient (Wildman–Crippen LogP) is 0.474. The summed E-state index contributed by atoms with van der Waals surface area (Å²) < 4.78 is 6.38. The molecule has 0 fully saturated rings. The number of rotatable bonds is 4. The summed E-state index contributed by atoms with van der Waals surface area (Å²) in [5.74, 6) is -0.310. The normalized spacial score (nSPS) is 10.1. The van der Waals surface area contributed by atoms with Gasteiger partial charge < -0.3 is 15.1 Å². The van der Waals surface area contributed by atoms with Gasteiger partial charge in [-0.25, -0.2) is 0 Å². The van der Waals surface area contributed by atoms with Crippen LogP contribution in [0, 0.1) is 0 Å². The highest BCUT2D eigenvalue weighted by molar-refractivity contribution is 6.02. The van der Waals surface area contributed by atoms with Crippen LogP contribution in [0.25, 0.3) is 0 Å². The third kappa shape index (κ3) is 2.76. The van der Waals surface area contributed by atoms with Crippen molar-refractivity contribution in [1.29, 1.82) is 0 Å². The molecule has 2 heterocycles. The lowest BCUT2D eigenvalue weighted by molar-refractivity contribution is -0.121. The maximum absolute atomic E-state index is 11.6. The van der Waals surface area contributed by atoms with Crippen molar-refractivity contribution in [1.82, 2.24) is 15.1 Å². The van der Waals surface area contributed by atoms with E-state index in [2.05, 4.69) is 15.7 Å². The minimum atomic E-state index is -0.362. The zero-order valence-corrected chi connectivity index (χ0v) is 9.71. The van der Waals surface area contributed by atoms with Gasteiger partial charge in [0.1, 0.15) is 6.54 Å². The minimum Gasteiger partial charge on any atom is -0.459 e. The number of amides is 2. The van der Waals surface area contributed by atoms with Crippen LogP contribution in [0.1, 0.15) is 10.6 Å².